The standard InChI is InChI=1S/C19H12BrF4N3O3/c20-12-2-1-7-25-17(12)16(27-18(29)11-4-6-15(28)26-9-11)10-3-5-14(13(21)8-10)30-19(22,23)24/h1-9,16H,(H,26,28)(H,27,29). The lowest BCUT2D eigenvalue weighted by molar-refractivity contribution is -0.275. The van der Waals surface area contributed by atoms with Gasteiger partial charge in [-0.15, -0.1) is 13.2 Å². The van der Waals surface area contributed by atoms with Gasteiger partial charge in [-0.25, -0.2) is 4.39 Å². The molecule has 0 spiro atoms. The van der Waals surface area contributed by atoms with E-state index >= 15 is 0 Å². The summed E-state index contributed by atoms with van der Waals surface area (Å²) in [6.45, 7) is 0. The molecule has 0 fully saturated rings. The van der Waals surface area contributed by atoms with Crippen LogP contribution >= 0.6 is 15.9 Å². The van der Waals surface area contributed by atoms with Gasteiger partial charge in [0.25, 0.3) is 5.91 Å². The van der Waals surface area contributed by atoms with Crippen molar-refractivity contribution >= 4 is 21.8 Å². The van der Waals surface area contributed by atoms with Gasteiger partial charge >= 0.3 is 6.36 Å². The number of pyridine rings is 2. The summed E-state index contributed by atoms with van der Waals surface area (Å²) in [6.07, 6.45) is -2.41. The van der Waals surface area contributed by atoms with Gasteiger partial charge in [-0.2, -0.15) is 0 Å². The van der Waals surface area contributed by atoms with Gasteiger partial charge in [0.05, 0.1) is 17.3 Å². The zero-order valence-corrected chi connectivity index (χ0v) is 16.4. The maximum Gasteiger partial charge on any atom is 0.573 e. The molecular formula is C19H12BrF4N3O3. The Hall–Kier alpha value is -3.21. The lowest BCUT2D eigenvalue weighted by atomic mass is 10.0. The van der Waals surface area contributed by atoms with Gasteiger partial charge in [-0.3, -0.25) is 14.6 Å². The van der Waals surface area contributed by atoms with Crippen molar-refractivity contribution in [3.05, 3.63) is 92.3 Å². The van der Waals surface area contributed by atoms with Gasteiger partial charge < -0.3 is 15.0 Å². The fourth-order valence-corrected chi connectivity index (χ4v) is 3.07. The zero-order chi connectivity index (χ0) is 21.9. The molecule has 1 aromatic carbocycles. The molecule has 0 aliphatic rings. The van der Waals surface area contributed by atoms with Crippen LogP contribution in [0.25, 0.3) is 0 Å². The number of H-pyrrole nitrogens is 1. The van der Waals surface area contributed by atoms with E-state index in [2.05, 4.69) is 36.0 Å². The Kier molecular flexibility index (Phi) is 6.20. The SMILES string of the molecule is O=C(NC(c1ccc(OC(F)(F)F)c(F)c1)c1ncccc1Br)c1ccc(=O)[nH]c1. The van der Waals surface area contributed by atoms with E-state index in [9.17, 15) is 27.2 Å². The fourth-order valence-electron chi connectivity index (χ4n) is 2.59. The molecule has 1 unspecified atom stereocenters. The van der Waals surface area contributed by atoms with Crippen LogP contribution in [0.1, 0.15) is 27.7 Å². The quantitative estimate of drug-likeness (QED) is 0.533. The van der Waals surface area contributed by atoms with Crippen molar-refractivity contribution in [2.75, 3.05) is 0 Å². The molecule has 3 rings (SSSR count). The van der Waals surface area contributed by atoms with E-state index in [-0.39, 0.29) is 11.1 Å². The summed E-state index contributed by atoms with van der Waals surface area (Å²) in [7, 11) is 0. The number of rotatable bonds is 5. The summed E-state index contributed by atoms with van der Waals surface area (Å²) < 4.78 is 55.6. The van der Waals surface area contributed by atoms with Gasteiger partial charge in [-0.1, -0.05) is 6.07 Å². The van der Waals surface area contributed by atoms with Crippen LogP contribution in [0.5, 0.6) is 5.75 Å². The van der Waals surface area contributed by atoms with Gasteiger partial charge in [0.2, 0.25) is 5.56 Å². The van der Waals surface area contributed by atoms with Crippen LogP contribution in [0.2, 0.25) is 0 Å². The number of ether oxygens (including phenoxy) is 1. The Morgan fingerprint density at radius 2 is 1.97 bits per heavy atom. The minimum absolute atomic E-state index is 0.115. The van der Waals surface area contributed by atoms with Crippen LogP contribution in [0.4, 0.5) is 17.6 Å². The predicted molar refractivity (Wildman–Crippen MR) is 101 cm³/mol. The summed E-state index contributed by atoms with van der Waals surface area (Å²) in [5.41, 5.74) is 0.125. The van der Waals surface area contributed by atoms with Gasteiger partial charge in [0, 0.05) is 22.9 Å². The minimum Gasteiger partial charge on any atom is -0.403 e. The number of nitrogens with one attached hydrogen (secondary N) is 2. The first kappa shape index (κ1) is 21.5. The summed E-state index contributed by atoms with van der Waals surface area (Å²) in [5.74, 6) is -2.89. The van der Waals surface area contributed by atoms with Crippen molar-refractivity contribution in [3.8, 4) is 5.75 Å². The van der Waals surface area contributed by atoms with Gasteiger partial charge in [0.15, 0.2) is 11.6 Å². The highest BCUT2D eigenvalue weighted by atomic mass is 79.9. The smallest absolute Gasteiger partial charge is 0.403 e. The molecule has 1 amide bonds. The highest BCUT2D eigenvalue weighted by Gasteiger charge is 2.33. The van der Waals surface area contributed by atoms with Crippen molar-refractivity contribution < 1.29 is 27.1 Å². The molecule has 6 nitrogen and oxygen atoms in total. The maximum atomic E-state index is 14.3. The summed E-state index contributed by atoms with van der Waals surface area (Å²) in [5, 5.41) is 2.64. The summed E-state index contributed by atoms with van der Waals surface area (Å²) in [4.78, 5) is 30.3. The molecule has 30 heavy (non-hydrogen) atoms. The number of benzene rings is 1. The maximum absolute atomic E-state index is 14.3. The van der Waals surface area contributed by atoms with Crippen molar-refractivity contribution in [1.82, 2.24) is 15.3 Å². The van der Waals surface area contributed by atoms with Crippen LogP contribution in [0.3, 0.4) is 0 Å². The largest absolute Gasteiger partial charge is 0.573 e. The average molecular weight is 486 g/mol. The van der Waals surface area contributed by atoms with E-state index in [1.165, 1.54) is 24.5 Å². The van der Waals surface area contributed by atoms with Crippen LogP contribution in [0.15, 0.2) is 64.1 Å². The molecule has 11 heteroatoms. The van der Waals surface area contributed by atoms with Crippen molar-refractivity contribution in [1.29, 1.82) is 0 Å². The molecule has 0 aliphatic heterocycles. The predicted octanol–water partition coefficient (Wildman–Crippen LogP) is 4.09. The summed E-state index contributed by atoms with van der Waals surface area (Å²) in [6, 6.07) is 7.50. The number of carbonyl (C=O) groups excluding carboxylic acids is 1. The Morgan fingerprint density at radius 3 is 2.57 bits per heavy atom. The number of carbonyl (C=O) groups is 1. The average Bonchev–Trinajstić information content (AvgIpc) is 2.68. The number of nitrogens with zero attached hydrogens (tertiary/aromatic N) is 1. The van der Waals surface area contributed by atoms with Crippen molar-refractivity contribution in [2.24, 2.45) is 0 Å². The monoisotopic (exact) mass is 485 g/mol. The molecule has 156 valence electrons. The van der Waals surface area contributed by atoms with Crippen LogP contribution in [-0.2, 0) is 0 Å². The third kappa shape index (κ3) is 5.23. The topological polar surface area (TPSA) is 84.1 Å². The number of hydrogen-bond donors (Lipinski definition) is 2. The molecule has 0 saturated carbocycles. The zero-order valence-electron chi connectivity index (χ0n) is 14.8. The highest BCUT2D eigenvalue weighted by Crippen LogP contribution is 2.31. The molecular weight excluding hydrogens is 474 g/mol. The molecule has 0 bridgehead atoms. The molecule has 0 saturated heterocycles. The van der Waals surface area contributed by atoms with Gasteiger partial charge in [-0.05, 0) is 51.8 Å². The third-order valence-corrected chi connectivity index (χ3v) is 4.57. The Bertz CT molecular complexity index is 1110. The van der Waals surface area contributed by atoms with E-state index in [1.54, 1.807) is 12.1 Å². The van der Waals surface area contributed by atoms with E-state index in [4.69, 9.17) is 0 Å². The summed E-state index contributed by atoms with van der Waals surface area (Å²) >= 11 is 3.29. The van der Waals surface area contributed by atoms with E-state index in [1.807, 2.05) is 0 Å². The number of halogens is 5. The molecule has 0 aliphatic carbocycles. The van der Waals surface area contributed by atoms with E-state index in [0.29, 0.717) is 10.2 Å². The fraction of sp³-hybridized carbons (Fsp3) is 0.105. The molecule has 1 atom stereocenters. The molecule has 3 aromatic rings. The Morgan fingerprint density at radius 1 is 1.20 bits per heavy atom. The molecule has 0 radical (unpaired) electrons. The number of amides is 1. The number of aromatic amines is 1. The van der Waals surface area contributed by atoms with Crippen LogP contribution in [-0.4, -0.2) is 22.2 Å². The lowest BCUT2D eigenvalue weighted by Gasteiger charge is -2.21. The molecule has 2 N–H and O–H groups in total. The van der Waals surface area contributed by atoms with Crippen LogP contribution in [0, 0.1) is 5.82 Å². The Balaban J connectivity index is 1.99. The molecule has 2 aromatic heterocycles. The molecule has 2 heterocycles. The van der Waals surface area contributed by atoms with E-state index < -0.39 is 35.4 Å². The number of aromatic nitrogens is 2. The Labute approximate surface area is 175 Å². The van der Waals surface area contributed by atoms with Gasteiger partial charge in [0.1, 0.15) is 0 Å². The highest BCUT2D eigenvalue weighted by molar-refractivity contribution is 9.10. The van der Waals surface area contributed by atoms with Crippen molar-refractivity contribution in [3.63, 3.8) is 0 Å². The second kappa shape index (κ2) is 8.66. The lowest BCUT2D eigenvalue weighted by Crippen LogP contribution is -2.30. The number of alkyl halides is 3. The first-order valence-electron chi connectivity index (χ1n) is 8.29. The first-order valence-corrected chi connectivity index (χ1v) is 9.08. The van der Waals surface area contributed by atoms with Crippen molar-refractivity contribution in [2.45, 2.75) is 12.4 Å². The third-order valence-electron chi connectivity index (χ3n) is 3.90. The second-order valence-electron chi connectivity index (χ2n) is 5.96. The van der Waals surface area contributed by atoms with Crippen LogP contribution < -0.4 is 15.6 Å². The first-order chi connectivity index (χ1) is 14.1. The minimum atomic E-state index is -5.05. The normalized spacial score (nSPS) is 12.3. The second-order valence-corrected chi connectivity index (χ2v) is 6.81. The number of hydrogen-bond acceptors (Lipinski definition) is 4. The van der Waals surface area contributed by atoms with E-state index in [0.717, 1.165) is 18.2 Å².